The Morgan fingerprint density at radius 2 is 1.85 bits per heavy atom. The van der Waals surface area contributed by atoms with Crippen LogP contribution in [0.3, 0.4) is 0 Å². The van der Waals surface area contributed by atoms with Crippen molar-refractivity contribution in [2.45, 2.75) is 44.6 Å². The molecule has 0 aliphatic heterocycles. The maximum Gasteiger partial charge on any atom is 0.338 e. The highest BCUT2D eigenvalue weighted by Crippen LogP contribution is 2.50. The molecule has 3 aliphatic rings. The van der Waals surface area contributed by atoms with Crippen LogP contribution in [0.5, 0.6) is 5.75 Å². The van der Waals surface area contributed by atoms with Crippen LogP contribution >= 0.6 is 0 Å². The van der Waals surface area contributed by atoms with E-state index >= 15 is 0 Å². The van der Waals surface area contributed by atoms with E-state index in [1.165, 1.54) is 6.07 Å². The fourth-order valence-corrected chi connectivity index (χ4v) is 5.55. The highest BCUT2D eigenvalue weighted by atomic mass is 16.5. The number of ketones is 4. The molecule has 2 fully saturated rings. The van der Waals surface area contributed by atoms with Gasteiger partial charge in [0.2, 0.25) is 5.91 Å². The van der Waals surface area contributed by atoms with Gasteiger partial charge in [-0.2, -0.15) is 0 Å². The predicted octanol–water partition coefficient (Wildman–Crippen LogP) is 0.284. The summed E-state index contributed by atoms with van der Waals surface area (Å²) in [6.45, 7) is 2.12. The topological polar surface area (TPSA) is 178 Å². The molecule has 0 spiro atoms. The second-order valence-electron chi connectivity index (χ2n) is 9.21. The number of rotatable bonds is 5. The van der Waals surface area contributed by atoms with Crippen molar-refractivity contribution in [1.29, 1.82) is 0 Å². The minimum Gasteiger partial charge on any atom is -0.507 e. The molecule has 4 rings (SSSR count). The molecular formula is C24H25NO9. The molecule has 3 aliphatic carbocycles. The molecule has 0 aromatic heterocycles. The molecule has 2 unspecified atom stereocenters. The number of carbonyl (C=O) groups excluding carboxylic acids is 6. The van der Waals surface area contributed by atoms with Gasteiger partial charge in [-0.05, 0) is 42.9 Å². The van der Waals surface area contributed by atoms with E-state index in [4.69, 9.17) is 10.5 Å². The van der Waals surface area contributed by atoms with Crippen molar-refractivity contribution >= 4 is 35.0 Å². The van der Waals surface area contributed by atoms with E-state index in [0.717, 1.165) is 12.5 Å². The lowest BCUT2D eigenvalue weighted by molar-refractivity contribution is -0.175. The van der Waals surface area contributed by atoms with Crippen LogP contribution < -0.4 is 5.73 Å². The number of Topliss-reactive ketones (excluding diaryl/α,β-unsaturated/α-hetero) is 4. The fourth-order valence-electron chi connectivity index (χ4n) is 5.55. The van der Waals surface area contributed by atoms with Crippen molar-refractivity contribution in [3.63, 3.8) is 0 Å². The molecule has 0 saturated heterocycles. The summed E-state index contributed by atoms with van der Waals surface area (Å²) in [5.74, 6) is -11.7. The van der Waals surface area contributed by atoms with Gasteiger partial charge >= 0.3 is 5.97 Å². The Hall–Kier alpha value is -3.40. The SMILES string of the molecule is CCCCOC(=O)c1ccc(O)c2c1C[C@H]1C[C@H]3CC(=O)C(C(N)=O)C(=O)[C@@]3(O)C(=O)C1C2=O. The van der Waals surface area contributed by atoms with E-state index in [2.05, 4.69) is 0 Å². The summed E-state index contributed by atoms with van der Waals surface area (Å²) in [5, 5.41) is 21.6. The van der Waals surface area contributed by atoms with Crippen LogP contribution in [0, 0.1) is 23.7 Å². The average Bonchev–Trinajstić information content (AvgIpc) is 2.76. The number of unbranched alkanes of at least 4 members (excludes halogenated alkanes) is 1. The van der Waals surface area contributed by atoms with Gasteiger partial charge in [0.05, 0.1) is 23.7 Å². The van der Waals surface area contributed by atoms with Crippen molar-refractivity contribution in [3.8, 4) is 5.75 Å². The van der Waals surface area contributed by atoms with Gasteiger partial charge in [-0.3, -0.25) is 24.0 Å². The number of carbonyl (C=O) groups is 6. The molecule has 0 heterocycles. The van der Waals surface area contributed by atoms with Gasteiger partial charge in [0.1, 0.15) is 5.75 Å². The number of phenols is 1. The number of benzene rings is 1. The van der Waals surface area contributed by atoms with E-state index in [-0.39, 0.29) is 36.1 Å². The first-order valence-corrected chi connectivity index (χ1v) is 11.2. The zero-order valence-electron chi connectivity index (χ0n) is 18.5. The van der Waals surface area contributed by atoms with Crippen LogP contribution in [0.1, 0.15) is 58.9 Å². The van der Waals surface area contributed by atoms with Crippen molar-refractivity contribution < 1.29 is 43.7 Å². The van der Waals surface area contributed by atoms with Crippen LogP contribution in [-0.2, 0) is 30.3 Å². The van der Waals surface area contributed by atoms with Gasteiger partial charge in [-0.25, -0.2) is 4.79 Å². The van der Waals surface area contributed by atoms with Gasteiger partial charge in [-0.15, -0.1) is 0 Å². The second kappa shape index (κ2) is 8.43. The van der Waals surface area contributed by atoms with Crippen LogP contribution in [0.2, 0.25) is 0 Å². The van der Waals surface area contributed by atoms with Gasteiger partial charge in [0.15, 0.2) is 34.7 Å². The minimum atomic E-state index is -2.70. The standard InChI is InChI=1S/C24H25NO9/c1-2-3-6-34-23(32)12-4-5-14(26)17-13(12)8-10-7-11-9-15(27)18(22(25)31)21(30)24(11,33)20(29)16(10)19(17)28/h4-5,10-11,16,18,26,33H,2-3,6-9H2,1H3,(H2,25,31)/t10-,11+,16?,18?,24+/m1/s1. The van der Waals surface area contributed by atoms with Crippen LogP contribution in [0.4, 0.5) is 0 Å². The molecule has 2 saturated carbocycles. The van der Waals surface area contributed by atoms with E-state index in [0.29, 0.717) is 6.42 Å². The molecule has 4 N–H and O–H groups in total. The predicted molar refractivity (Wildman–Crippen MR) is 114 cm³/mol. The summed E-state index contributed by atoms with van der Waals surface area (Å²) in [7, 11) is 0. The molecule has 0 radical (unpaired) electrons. The summed E-state index contributed by atoms with van der Waals surface area (Å²) >= 11 is 0. The maximum atomic E-state index is 13.4. The fraction of sp³-hybridized carbons (Fsp3) is 0.500. The Kier molecular flexibility index (Phi) is 5.89. The lowest BCUT2D eigenvalue weighted by atomic mass is 9.53. The van der Waals surface area contributed by atoms with Crippen LogP contribution in [0.15, 0.2) is 12.1 Å². The van der Waals surface area contributed by atoms with Crippen molar-refractivity contribution in [3.05, 3.63) is 28.8 Å². The normalized spacial score (nSPS) is 30.3. The summed E-state index contributed by atoms with van der Waals surface area (Å²) < 4.78 is 5.26. The second-order valence-corrected chi connectivity index (χ2v) is 9.21. The molecule has 34 heavy (non-hydrogen) atoms. The van der Waals surface area contributed by atoms with Crippen LogP contribution in [0.25, 0.3) is 0 Å². The van der Waals surface area contributed by atoms with Crippen molar-refractivity contribution in [1.82, 2.24) is 0 Å². The third kappa shape index (κ3) is 3.35. The first-order chi connectivity index (χ1) is 16.0. The Balaban J connectivity index is 1.75. The molecule has 1 amide bonds. The van der Waals surface area contributed by atoms with Gasteiger partial charge < -0.3 is 20.7 Å². The Labute approximate surface area is 194 Å². The highest BCUT2D eigenvalue weighted by Gasteiger charge is 2.66. The zero-order valence-corrected chi connectivity index (χ0v) is 18.5. The molecule has 10 nitrogen and oxygen atoms in total. The van der Waals surface area contributed by atoms with Crippen LogP contribution in [-0.4, -0.2) is 57.4 Å². The molecule has 1 aromatic carbocycles. The van der Waals surface area contributed by atoms with E-state index < -0.39 is 76.5 Å². The van der Waals surface area contributed by atoms with E-state index in [1.807, 2.05) is 6.92 Å². The number of amides is 1. The largest absolute Gasteiger partial charge is 0.507 e. The number of fused-ring (bicyclic) bond motifs is 3. The molecule has 0 bridgehead atoms. The zero-order chi connectivity index (χ0) is 24.9. The Morgan fingerprint density at radius 1 is 1.15 bits per heavy atom. The quantitative estimate of drug-likeness (QED) is 0.309. The number of aromatic hydroxyl groups is 1. The third-order valence-electron chi connectivity index (χ3n) is 7.24. The van der Waals surface area contributed by atoms with Gasteiger partial charge in [0.25, 0.3) is 0 Å². The lowest BCUT2D eigenvalue weighted by Crippen LogP contribution is -2.68. The molecule has 1 aromatic rings. The summed E-state index contributed by atoms with van der Waals surface area (Å²) in [6, 6.07) is 2.51. The number of hydrogen-bond donors (Lipinski definition) is 3. The van der Waals surface area contributed by atoms with Crippen molar-refractivity contribution in [2.24, 2.45) is 29.4 Å². The maximum absolute atomic E-state index is 13.4. The number of phenolic OH excluding ortho intramolecular Hbond substituents is 1. The molecular weight excluding hydrogens is 446 g/mol. The van der Waals surface area contributed by atoms with Gasteiger partial charge in [-0.1, -0.05) is 13.3 Å². The molecule has 10 heteroatoms. The smallest absolute Gasteiger partial charge is 0.338 e. The molecule has 5 atom stereocenters. The number of primary amides is 1. The molecule has 180 valence electrons. The number of esters is 1. The van der Waals surface area contributed by atoms with E-state index in [1.54, 1.807) is 0 Å². The minimum absolute atomic E-state index is 0.0261. The van der Waals surface area contributed by atoms with E-state index in [9.17, 15) is 39.0 Å². The summed E-state index contributed by atoms with van der Waals surface area (Å²) in [5.41, 5.74) is 2.55. The monoisotopic (exact) mass is 471 g/mol. The third-order valence-corrected chi connectivity index (χ3v) is 7.24. The van der Waals surface area contributed by atoms with Gasteiger partial charge in [0, 0.05) is 12.3 Å². The average molecular weight is 471 g/mol. The Morgan fingerprint density at radius 3 is 2.50 bits per heavy atom. The first-order valence-electron chi connectivity index (χ1n) is 11.2. The lowest BCUT2D eigenvalue weighted by Gasteiger charge is -2.48. The number of aliphatic hydroxyl groups is 1. The summed E-state index contributed by atoms with van der Waals surface area (Å²) in [4.78, 5) is 76.4. The number of ether oxygens (including phenoxy) is 1. The summed E-state index contributed by atoms with van der Waals surface area (Å²) in [6.07, 6.45) is 1.03. The number of nitrogens with two attached hydrogens (primary N) is 1. The Bertz CT molecular complexity index is 1140. The highest BCUT2D eigenvalue weighted by molar-refractivity contribution is 6.31. The first kappa shape index (κ1) is 23.7. The number of hydrogen-bond acceptors (Lipinski definition) is 9. The van der Waals surface area contributed by atoms with Crippen molar-refractivity contribution in [2.75, 3.05) is 6.61 Å².